The zero-order valence-electron chi connectivity index (χ0n) is 11.1. The number of aryl methyl sites for hydroxylation is 1. The summed E-state index contributed by atoms with van der Waals surface area (Å²) < 4.78 is 0. The van der Waals surface area contributed by atoms with Gasteiger partial charge in [-0.15, -0.1) is 0 Å². The number of nitrogens with one attached hydrogen (secondary N) is 2. The summed E-state index contributed by atoms with van der Waals surface area (Å²) >= 11 is 0. The Hall–Kier alpha value is -1.39. The number of hydrogen-bond acceptors (Lipinski definition) is 5. The van der Waals surface area contributed by atoms with E-state index in [2.05, 4.69) is 39.4 Å². The Balaban J connectivity index is 2.53. The van der Waals surface area contributed by atoms with Gasteiger partial charge >= 0.3 is 0 Å². The van der Waals surface area contributed by atoms with Crippen molar-refractivity contribution >= 4 is 11.9 Å². The van der Waals surface area contributed by atoms with Crippen LogP contribution in [0.1, 0.15) is 45.4 Å². The summed E-state index contributed by atoms with van der Waals surface area (Å²) in [4.78, 5) is 12.9. The van der Waals surface area contributed by atoms with E-state index in [-0.39, 0.29) is 0 Å². The fourth-order valence-corrected chi connectivity index (χ4v) is 1.39. The van der Waals surface area contributed by atoms with Crippen molar-refractivity contribution in [2.75, 3.05) is 23.7 Å². The van der Waals surface area contributed by atoms with E-state index >= 15 is 0 Å². The molecule has 96 valence electrons. The van der Waals surface area contributed by atoms with E-state index in [9.17, 15) is 0 Å². The molecular formula is C12H23N5. The SMILES string of the molecule is CCCCNc1nc(C)nc(NCCCC)n1. The standard InChI is InChI=1S/C12H23N5/c1-4-6-8-13-11-15-10(3)16-12(17-11)14-9-7-5-2/h4-9H2,1-3H3,(H2,13,14,15,16,17). The van der Waals surface area contributed by atoms with Gasteiger partial charge in [0.05, 0.1) is 0 Å². The molecule has 0 fully saturated rings. The first kappa shape index (κ1) is 13.7. The van der Waals surface area contributed by atoms with E-state index in [1.54, 1.807) is 0 Å². The fraction of sp³-hybridized carbons (Fsp3) is 0.750. The molecule has 0 saturated heterocycles. The summed E-state index contributed by atoms with van der Waals surface area (Å²) in [5, 5.41) is 6.43. The number of hydrogen-bond donors (Lipinski definition) is 2. The predicted molar refractivity (Wildman–Crippen MR) is 71.4 cm³/mol. The van der Waals surface area contributed by atoms with E-state index in [1.807, 2.05) is 6.92 Å². The topological polar surface area (TPSA) is 62.7 Å². The normalized spacial score (nSPS) is 10.3. The highest BCUT2D eigenvalue weighted by Crippen LogP contribution is 2.05. The van der Waals surface area contributed by atoms with Crippen LogP contribution in [-0.4, -0.2) is 28.0 Å². The van der Waals surface area contributed by atoms with Crippen molar-refractivity contribution in [1.82, 2.24) is 15.0 Å². The molecule has 0 aromatic carbocycles. The molecule has 1 aromatic heterocycles. The fourth-order valence-electron chi connectivity index (χ4n) is 1.39. The molecule has 0 radical (unpaired) electrons. The van der Waals surface area contributed by atoms with Crippen LogP contribution in [0.3, 0.4) is 0 Å². The van der Waals surface area contributed by atoms with Gasteiger partial charge in [0, 0.05) is 13.1 Å². The van der Waals surface area contributed by atoms with Crippen molar-refractivity contribution in [3.63, 3.8) is 0 Å². The van der Waals surface area contributed by atoms with E-state index < -0.39 is 0 Å². The smallest absolute Gasteiger partial charge is 0.227 e. The predicted octanol–water partition coefficient (Wildman–Crippen LogP) is 2.60. The molecule has 0 amide bonds. The molecule has 0 spiro atoms. The number of aromatic nitrogens is 3. The van der Waals surface area contributed by atoms with Crippen LogP contribution in [0.25, 0.3) is 0 Å². The summed E-state index contributed by atoms with van der Waals surface area (Å²) in [6.07, 6.45) is 4.59. The molecule has 17 heavy (non-hydrogen) atoms. The third-order valence-electron chi connectivity index (χ3n) is 2.37. The van der Waals surface area contributed by atoms with Crippen LogP contribution in [0.2, 0.25) is 0 Å². The van der Waals surface area contributed by atoms with Gasteiger partial charge in [-0.25, -0.2) is 0 Å². The third-order valence-corrected chi connectivity index (χ3v) is 2.37. The summed E-state index contributed by atoms with van der Waals surface area (Å²) in [7, 11) is 0. The van der Waals surface area contributed by atoms with E-state index in [4.69, 9.17) is 0 Å². The Bertz CT molecular complexity index is 298. The lowest BCUT2D eigenvalue weighted by Crippen LogP contribution is -2.11. The molecule has 0 aliphatic rings. The Morgan fingerprint density at radius 1 is 0.824 bits per heavy atom. The highest BCUT2D eigenvalue weighted by atomic mass is 15.2. The minimum Gasteiger partial charge on any atom is -0.354 e. The Kier molecular flexibility index (Phi) is 6.29. The summed E-state index contributed by atoms with van der Waals surface area (Å²) in [5.74, 6) is 2.09. The van der Waals surface area contributed by atoms with Gasteiger partial charge in [0.15, 0.2) is 0 Å². The van der Waals surface area contributed by atoms with E-state index in [1.165, 1.54) is 12.8 Å². The largest absolute Gasteiger partial charge is 0.354 e. The third kappa shape index (κ3) is 5.47. The van der Waals surface area contributed by atoms with Crippen molar-refractivity contribution in [2.45, 2.75) is 46.5 Å². The average Bonchev–Trinajstić information content (AvgIpc) is 2.29. The maximum absolute atomic E-state index is 4.33. The molecule has 0 aliphatic heterocycles. The number of unbranched alkanes of at least 4 members (excludes halogenated alkanes) is 2. The summed E-state index contributed by atoms with van der Waals surface area (Å²) in [6, 6.07) is 0. The molecule has 0 aliphatic carbocycles. The minimum atomic E-state index is 0.671. The van der Waals surface area contributed by atoms with Gasteiger partial charge in [-0.1, -0.05) is 26.7 Å². The molecule has 0 bridgehead atoms. The average molecular weight is 237 g/mol. The minimum absolute atomic E-state index is 0.671. The quantitative estimate of drug-likeness (QED) is 0.680. The molecular weight excluding hydrogens is 214 g/mol. The lowest BCUT2D eigenvalue weighted by atomic mass is 10.3. The van der Waals surface area contributed by atoms with Gasteiger partial charge in [0.25, 0.3) is 0 Å². The first-order valence-corrected chi connectivity index (χ1v) is 6.46. The lowest BCUT2D eigenvalue weighted by molar-refractivity contribution is 0.810. The Labute approximate surface area is 103 Å². The molecule has 0 saturated carbocycles. The second-order valence-corrected chi connectivity index (χ2v) is 4.09. The van der Waals surface area contributed by atoms with Gasteiger partial charge < -0.3 is 10.6 Å². The molecule has 1 rings (SSSR count). The van der Waals surface area contributed by atoms with Crippen LogP contribution in [0.5, 0.6) is 0 Å². The monoisotopic (exact) mass is 237 g/mol. The lowest BCUT2D eigenvalue weighted by Gasteiger charge is -2.08. The first-order valence-electron chi connectivity index (χ1n) is 6.46. The second kappa shape index (κ2) is 7.81. The number of anilines is 2. The molecule has 2 N–H and O–H groups in total. The highest BCUT2D eigenvalue weighted by Gasteiger charge is 2.02. The van der Waals surface area contributed by atoms with Crippen LogP contribution >= 0.6 is 0 Å². The molecule has 5 heteroatoms. The van der Waals surface area contributed by atoms with Crippen molar-refractivity contribution in [1.29, 1.82) is 0 Å². The van der Waals surface area contributed by atoms with Crippen molar-refractivity contribution in [3.05, 3.63) is 5.82 Å². The van der Waals surface area contributed by atoms with Gasteiger partial charge in [0.2, 0.25) is 11.9 Å². The highest BCUT2D eigenvalue weighted by molar-refractivity contribution is 5.34. The van der Waals surface area contributed by atoms with Gasteiger partial charge in [-0.3, -0.25) is 0 Å². The molecule has 0 atom stereocenters. The summed E-state index contributed by atoms with van der Waals surface area (Å²) in [6.45, 7) is 8.04. The molecule has 0 unspecified atom stereocenters. The van der Waals surface area contributed by atoms with Crippen LogP contribution < -0.4 is 10.6 Å². The Morgan fingerprint density at radius 2 is 1.29 bits per heavy atom. The summed E-state index contributed by atoms with van der Waals surface area (Å²) in [5.41, 5.74) is 0. The van der Waals surface area contributed by atoms with Gasteiger partial charge in [-0.2, -0.15) is 15.0 Å². The van der Waals surface area contributed by atoms with Crippen molar-refractivity contribution < 1.29 is 0 Å². The van der Waals surface area contributed by atoms with Crippen LogP contribution in [-0.2, 0) is 0 Å². The first-order chi connectivity index (χ1) is 8.26. The van der Waals surface area contributed by atoms with Gasteiger partial charge in [-0.05, 0) is 19.8 Å². The Morgan fingerprint density at radius 3 is 1.71 bits per heavy atom. The molecule has 5 nitrogen and oxygen atoms in total. The number of nitrogens with zero attached hydrogens (tertiary/aromatic N) is 3. The second-order valence-electron chi connectivity index (χ2n) is 4.09. The zero-order valence-corrected chi connectivity index (χ0v) is 11.1. The van der Waals surface area contributed by atoms with E-state index in [0.29, 0.717) is 11.9 Å². The number of rotatable bonds is 8. The zero-order chi connectivity index (χ0) is 12.5. The van der Waals surface area contributed by atoms with Crippen LogP contribution in [0, 0.1) is 6.92 Å². The maximum Gasteiger partial charge on any atom is 0.227 e. The van der Waals surface area contributed by atoms with E-state index in [0.717, 1.165) is 31.8 Å². The van der Waals surface area contributed by atoms with Crippen molar-refractivity contribution in [2.24, 2.45) is 0 Å². The molecule has 1 aromatic rings. The van der Waals surface area contributed by atoms with Crippen LogP contribution in [0.4, 0.5) is 11.9 Å². The van der Waals surface area contributed by atoms with Crippen LogP contribution in [0.15, 0.2) is 0 Å². The van der Waals surface area contributed by atoms with Gasteiger partial charge in [0.1, 0.15) is 5.82 Å². The maximum atomic E-state index is 4.33. The van der Waals surface area contributed by atoms with Crippen molar-refractivity contribution in [3.8, 4) is 0 Å². The molecule has 1 heterocycles.